The van der Waals surface area contributed by atoms with Crippen LogP contribution < -0.4 is 11.2 Å². The van der Waals surface area contributed by atoms with Crippen LogP contribution in [0.25, 0.3) is 0 Å². The van der Waals surface area contributed by atoms with E-state index in [1.807, 2.05) is 5.48 Å². The lowest BCUT2D eigenvalue weighted by atomic mass is 10.1. The Morgan fingerprint density at radius 2 is 2.31 bits per heavy atom. The monoisotopic (exact) mass is 183 g/mol. The van der Waals surface area contributed by atoms with Gasteiger partial charge in [-0.2, -0.15) is 0 Å². The van der Waals surface area contributed by atoms with Crippen LogP contribution in [0.5, 0.6) is 0 Å². The smallest absolute Gasteiger partial charge is 0.276 e. The molecular weight excluding hydrogens is 174 g/mol. The molecule has 0 aromatic heterocycles. The summed E-state index contributed by atoms with van der Waals surface area (Å²) in [4.78, 5) is 9.95. The quantitative estimate of drug-likeness (QED) is 0.476. The molecule has 0 amide bonds. The summed E-state index contributed by atoms with van der Waals surface area (Å²) >= 11 is 0. The van der Waals surface area contributed by atoms with Crippen LogP contribution in [0.2, 0.25) is 0 Å². The molecule has 0 heterocycles. The first-order chi connectivity index (χ1) is 6.20. The maximum absolute atomic E-state index is 10.5. The van der Waals surface area contributed by atoms with Crippen LogP contribution in [-0.2, 0) is 6.54 Å². The van der Waals surface area contributed by atoms with Crippen molar-refractivity contribution >= 4 is 11.4 Å². The van der Waals surface area contributed by atoms with E-state index in [4.69, 9.17) is 10.9 Å². The molecule has 0 spiro atoms. The molecule has 0 saturated carbocycles. The highest BCUT2D eigenvalue weighted by Crippen LogP contribution is 2.24. The molecule has 0 radical (unpaired) electrons. The van der Waals surface area contributed by atoms with E-state index in [0.717, 1.165) is 0 Å². The van der Waals surface area contributed by atoms with Gasteiger partial charge in [0.1, 0.15) is 0 Å². The largest absolute Gasteiger partial charge is 0.326 e. The van der Waals surface area contributed by atoms with Crippen molar-refractivity contribution in [3.8, 4) is 0 Å². The highest BCUT2D eigenvalue weighted by Gasteiger charge is 2.15. The number of nitro groups is 1. The Hall–Kier alpha value is -1.66. The molecule has 0 atom stereocenters. The van der Waals surface area contributed by atoms with Crippen LogP contribution in [0, 0.1) is 10.1 Å². The number of hydrogen-bond donors (Lipinski definition) is 3. The summed E-state index contributed by atoms with van der Waals surface area (Å²) < 4.78 is 0. The molecule has 1 rings (SSSR count). The highest BCUT2D eigenvalue weighted by molar-refractivity contribution is 5.59. The van der Waals surface area contributed by atoms with Gasteiger partial charge < -0.3 is 5.73 Å². The van der Waals surface area contributed by atoms with Gasteiger partial charge in [0.15, 0.2) is 0 Å². The van der Waals surface area contributed by atoms with Crippen molar-refractivity contribution in [3.05, 3.63) is 33.9 Å². The average Bonchev–Trinajstić information content (AvgIpc) is 2.16. The number of rotatable bonds is 3. The zero-order valence-electron chi connectivity index (χ0n) is 6.73. The molecule has 0 fully saturated rings. The molecule has 0 bridgehead atoms. The van der Waals surface area contributed by atoms with E-state index in [2.05, 4.69) is 0 Å². The van der Waals surface area contributed by atoms with Crippen LogP contribution in [0.3, 0.4) is 0 Å². The SMILES string of the molecule is NCc1c(NO)cccc1[N+](=O)[O-]. The second kappa shape index (κ2) is 3.83. The van der Waals surface area contributed by atoms with E-state index in [1.54, 1.807) is 0 Å². The number of nitro benzene ring substituents is 1. The Balaban J connectivity index is 3.27. The molecule has 0 aliphatic rings. The topological polar surface area (TPSA) is 101 Å². The number of nitrogens with zero attached hydrogens (tertiary/aromatic N) is 1. The summed E-state index contributed by atoms with van der Waals surface area (Å²) in [6, 6.07) is 4.31. The van der Waals surface area contributed by atoms with Gasteiger partial charge >= 0.3 is 0 Å². The first-order valence-electron chi connectivity index (χ1n) is 3.57. The minimum Gasteiger partial charge on any atom is -0.326 e. The van der Waals surface area contributed by atoms with Crippen LogP contribution in [0.15, 0.2) is 18.2 Å². The molecule has 6 heteroatoms. The Labute approximate surface area is 74.1 Å². The summed E-state index contributed by atoms with van der Waals surface area (Å²) in [6.07, 6.45) is 0. The van der Waals surface area contributed by atoms with Gasteiger partial charge in [0.25, 0.3) is 5.69 Å². The standard InChI is InChI=1S/C7H9N3O3/c8-4-5-6(9-11)2-1-3-7(5)10(12)13/h1-3,9,11H,4,8H2. The van der Waals surface area contributed by atoms with Crippen molar-refractivity contribution in [2.45, 2.75) is 6.54 Å². The third kappa shape index (κ3) is 1.74. The van der Waals surface area contributed by atoms with E-state index in [-0.39, 0.29) is 23.5 Å². The third-order valence-corrected chi connectivity index (χ3v) is 1.67. The molecule has 0 aliphatic carbocycles. The summed E-state index contributed by atoms with van der Waals surface area (Å²) in [5.41, 5.74) is 7.62. The lowest BCUT2D eigenvalue weighted by Gasteiger charge is -2.05. The minimum atomic E-state index is -0.539. The van der Waals surface area contributed by atoms with Crippen molar-refractivity contribution < 1.29 is 10.1 Å². The zero-order chi connectivity index (χ0) is 9.84. The first kappa shape index (κ1) is 9.43. The summed E-state index contributed by atoms with van der Waals surface area (Å²) in [6.45, 7) is 0.0000463. The zero-order valence-corrected chi connectivity index (χ0v) is 6.73. The number of hydrogen-bond acceptors (Lipinski definition) is 5. The van der Waals surface area contributed by atoms with E-state index >= 15 is 0 Å². The van der Waals surface area contributed by atoms with Gasteiger partial charge in [0, 0.05) is 12.6 Å². The van der Waals surface area contributed by atoms with Crippen LogP contribution in [0.4, 0.5) is 11.4 Å². The summed E-state index contributed by atoms with van der Waals surface area (Å²) in [7, 11) is 0. The molecule has 1 aromatic rings. The van der Waals surface area contributed by atoms with Crippen molar-refractivity contribution in [2.24, 2.45) is 5.73 Å². The molecule has 70 valence electrons. The summed E-state index contributed by atoms with van der Waals surface area (Å²) in [5, 5.41) is 19.1. The number of benzene rings is 1. The van der Waals surface area contributed by atoms with Crippen LogP contribution >= 0.6 is 0 Å². The van der Waals surface area contributed by atoms with Crippen LogP contribution in [0.1, 0.15) is 5.56 Å². The van der Waals surface area contributed by atoms with Crippen molar-refractivity contribution in [3.63, 3.8) is 0 Å². The fourth-order valence-electron chi connectivity index (χ4n) is 1.06. The van der Waals surface area contributed by atoms with Gasteiger partial charge in [-0.05, 0) is 6.07 Å². The molecule has 1 aromatic carbocycles. The molecule has 4 N–H and O–H groups in total. The van der Waals surface area contributed by atoms with E-state index < -0.39 is 4.92 Å². The van der Waals surface area contributed by atoms with Gasteiger partial charge in [0.05, 0.1) is 16.2 Å². The second-order valence-corrected chi connectivity index (χ2v) is 2.38. The van der Waals surface area contributed by atoms with E-state index in [1.165, 1.54) is 18.2 Å². The van der Waals surface area contributed by atoms with E-state index in [0.29, 0.717) is 0 Å². The molecule has 0 unspecified atom stereocenters. The highest BCUT2D eigenvalue weighted by atomic mass is 16.6. The fraction of sp³-hybridized carbons (Fsp3) is 0.143. The molecule has 0 saturated heterocycles. The van der Waals surface area contributed by atoms with Gasteiger partial charge in [-0.15, -0.1) is 0 Å². The van der Waals surface area contributed by atoms with Gasteiger partial charge in [-0.1, -0.05) is 6.07 Å². The number of nitrogens with one attached hydrogen (secondary N) is 1. The average molecular weight is 183 g/mol. The summed E-state index contributed by atoms with van der Waals surface area (Å²) in [5.74, 6) is 0. The van der Waals surface area contributed by atoms with Gasteiger partial charge in [-0.25, -0.2) is 0 Å². The second-order valence-electron chi connectivity index (χ2n) is 2.38. The maximum atomic E-state index is 10.5. The predicted octanol–water partition coefficient (Wildman–Crippen LogP) is 0.855. The molecule has 0 aliphatic heterocycles. The number of anilines is 1. The Kier molecular flexibility index (Phi) is 2.78. The van der Waals surface area contributed by atoms with Crippen molar-refractivity contribution in [2.75, 3.05) is 5.48 Å². The van der Waals surface area contributed by atoms with E-state index in [9.17, 15) is 10.1 Å². The third-order valence-electron chi connectivity index (χ3n) is 1.67. The van der Waals surface area contributed by atoms with Gasteiger partial charge in [0.2, 0.25) is 0 Å². The molecular formula is C7H9N3O3. The predicted molar refractivity (Wildman–Crippen MR) is 46.4 cm³/mol. The fourth-order valence-corrected chi connectivity index (χ4v) is 1.06. The normalized spacial score (nSPS) is 9.69. The van der Waals surface area contributed by atoms with Crippen LogP contribution in [-0.4, -0.2) is 10.1 Å². The van der Waals surface area contributed by atoms with Crippen molar-refractivity contribution in [1.29, 1.82) is 0 Å². The maximum Gasteiger partial charge on any atom is 0.276 e. The lowest BCUT2D eigenvalue weighted by Crippen LogP contribution is -2.05. The lowest BCUT2D eigenvalue weighted by molar-refractivity contribution is -0.385. The Morgan fingerprint density at radius 1 is 1.62 bits per heavy atom. The Bertz CT molecular complexity index is 327. The van der Waals surface area contributed by atoms with Gasteiger partial charge in [-0.3, -0.25) is 20.8 Å². The minimum absolute atomic E-state index is 0.0000463. The number of nitrogens with two attached hydrogens (primary N) is 1. The van der Waals surface area contributed by atoms with Crippen molar-refractivity contribution in [1.82, 2.24) is 0 Å². The molecule has 6 nitrogen and oxygen atoms in total. The molecule has 13 heavy (non-hydrogen) atoms. The Morgan fingerprint density at radius 3 is 2.77 bits per heavy atom. The first-order valence-corrected chi connectivity index (χ1v) is 3.57.